The molecule has 1 fully saturated rings. The zero-order chi connectivity index (χ0) is 14.2. The van der Waals surface area contributed by atoms with Gasteiger partial charge in [0.25, 0.3) is 0 Å². The van der Waals surface area contributed by atoms with E-state index in [9.17, 15) is 13.2 Å². The zero-order valence-corrected chi connectivity index (χ0v) is 12.0. The van der Waals surface area contributed by atoms with Gasteiger partial charge in [0, 0.05) is 5.69 Å². The second-order valence-electron chi connectivity index (χ2n) is 5.51. The minimum absolute atomic E-state index is 0.138. The number of fused-ring (bicyclic) bond motifs is 1. The minimum Gasteiger partial charge on any atom is -0.325 e. The van der Waals surface area contributed by atoms with Gasteiger partial charge < -0.3 is 10.6 Å². The fourth-order valence-electron chi connectivity index (χ4n) is 2.40. The van der Waals surface area contributed by atoms with E-state index < -0.39 is 9.84 Å². The maximum absolute atomic E-state index is 11.8. The molecule has 1 amide bonds. The van der Waals surface area contributed by atoms with Gasteiger partial charge in [0.05, 0.1) is 17.2 Å². The Hall–Kier alpha value is -1.40. The molecule has 0 bridgehead atoms. The van der Waals surface area contributed by atoms with E-state index in [4.69, 9.17) is 0 Å². The number of carbonyl (C=O) groups is 1. The molecule has 108 valence electrons. The first-order chi connectivity index (χ1) is 9.54. The summed E-state index contributed by atoms with van der Waals surface area (Å²) in [5, 5.41) is 5.84. The van der Waals surface area contributed by atoms with Crippen LogP contribution in [0.3, 0.4) is 0 Å². The lowest BCUT2D eigenvalue weighted by Gasteiger charge is -2.08. The van der Waals surface area contributed by atoms with Crippen LogP contribution in [0.5, 0.6) is 0 Å². The van der Waals surface area contributed by atoms with Gasteiger partial charge in [0.1, 0.15) is 0 Å². The monoisotopic (exact) mass is 294 g/mol. The molecule has 0 atom stereocenters. The van der Waals surface area contributed by atoms with E-state index in [0.29, 0.717) is 17.0 Å². The number of benzene rings is 1. The Kier molecular flexibility index (Phi) is 3.52. The van der Waals surface area contributed by atoms with Crippen LogP contribution >= 0.6 is 0 Å². The van der Waals surface area contributed by atoms with Crippen LogP contribution in [0.25, 0.3) is 0 Å². The van der Waals surface area contributed by atoms with Crippen molar-refractivity contribution in [2.45, 2.75) is 24.2 Å². The van der Waals surface area contributed by atoms with Gasteiger partial charge in [-0.15, -0.1) is 0 Å². The van der Waals surface area contributed by atoms with Crippen molar-refractivity contribution in [1.29, 1.82) is 0 Å². The molecule has 1 heterocycles. The highest BCUT2D eigenvalue weighted by atomic mass is 32.2. The van der Waals surface area contributed by atoms with Crippen molar-refractivity contribution in [2.75, 3.05) is 24.2 Å². The molecule has 1 aromatic rings. The highest BCUT2D eigenvalue weighted by Gasteiger charge is 2.26. The number of nitrogens with one attached hydrogen (secondary N) is 2. The molecule has 2 aliphatic rings. The van der Waals surface area contributed by atoms with Crippen molar-refractivity contribution in [2.24, 2.45) is 5.92 Å². The van der Waals surface area contributed by atoms with E-state index in [0.717, 1.165) is 18.0 Å². The van der Waals surface area contributed by atoms with E-state index >= 15 is 0 Å². The average molecular weight is 294 g/mol. The van der Waals surface area contributed by atoms with Gasteiger partial charge in [-0.1, -0.05) is 6.07 Å². The molecule has 0 spiro atoms. The third-order valence-corrected chi connectivity index (χ3v) is 5.53. The van der Waals surface area contributed by atoms with Crippen molar-refractivity contribution >= 4 is 21.4 Å². The van der Waals surface area contributed by atoms with Crippen LogP contribution in [0.2, 0.25) is 0 Å². The Labute approximate surface area is 118 Å². The molecule has 6 heteroatoms. The summed E-state index contributed by atoms with van der Waals surface area (Å²) >= 11 is 0. The Balaban J connectivity index is 1.61. The molecule has 5 nitrogen and oxygen atoms in total. The highest BCUT2D eigenvalue weighted by molar-refractivity contribution is 7.91. The summed E-state index contributed by atoms with van der Waals surface area (Å²) in [7, 11) is -3.15. The summed E-state index contributed by atoms with van der Waals surface area (Å²) in [4.78, 5) is 12.1. The van der Waals surface area contributed by atoms with Gasteiger partial charge in [-0.05, 0) is 49.4 Å². The Morgan fingerprint density at radius 1 is 1.30 bits per heavy atom. The SMILES string of the molecule is O=C(CNCC1CC1)Nc1ccc2c(c1)S(=O)(=O)CC2. The van der Waals surface area contributed by atoms with Crippen LogP contribution in [0, 0.1) is 5.92 Å². The predicted octanol–water partition coefficient (Wildman–Crippen LogP) is 0.954. The molecule has 1 saturated carbocycles. The van der Waals surface area contributed by atoms with Crippen LogP contribution in [0.15, 0.2) is 23.1 Å². The van der Waals surface area contributed by atoms with Gasteiger partial charge >= 0.3 is 0 Å². The van der Waals surface area contributed by atoms with Gasteiger partial charge in [0.2, 0.25) is 5.91 Å². The maximum Gasteiger partial charge on any atom is 0.238 e. The molecule has 1 aliphatic carbocycles. The summed E-state index contributed by atoms with van der Waals surface area (Å²) in [6, 6.07) is 5.11. The molecule has 0 saturated heterocycles. The average Bonchev–Trinajstić information content (AvgIpc) is 3.16. The van der Waals surface area contributed by atoms with Crippen molar-refractivity contribution in [3.05, 3.63) is 23.8 Å². The molecule has 20 heavy (non-hydrogen) atoms. The number of anilines is 1. The molecule has 1 aliphatic heterocycles. The van der Waals surface area contributed by atoms with Crippen LogP contribution < -0.4 is 10.6 Å². The Morgan fingerprint density at radius 3 is 2.85 bits per heavy atom. The number of rotatable bonds is 5. The molecule has 3 rings (SSSR count). The van der Waals surface area contributed by atoms with E-state index in [1.54, 1.807) is 18.2 Å². The third kappa shape index (κ3) is 3.02. The normalized spacial score (nSPS) is 19.6. The second-order valence-corrected chi connectivity index (χ2v) is 7.59. The lowest BCUT2D eigenvalue weighted by Crippen LogP contribution is -2.29. The summed E-state index contributed by atoms with van der Waals surface area (Å²) in [5.74, 6) is 0.761. The van der Waals surface area contributed by atoms with E-state index in [1.165, 1.54) is 12.8 Å². The van der Waals surface area contributed by atoms with Crippen LogP contribution in [0.1, 0.15) is 18.4 Å². The molecule has 0 unspecified atom stereocenters. The smallest absolute Gasteiger partial charge is 0.238 e. The van der Waals surface area contributed by atoms with Crippen molar-refractivity contribution in [3.63, 3.8) is 0 Å². The first-order valence-corrected chi connectivity index (χ1v) is 8.56. The van der Waals surface area contributed by atoms with E-state index in [1.807, 2.05) is 0 Å². The summed E-state index contributed by atoms with van der Waals surface area (Å²) in [6.45, 7) is 1.15. The highest BCUT2D eigenvalue weighted by Crippen LogP contribution is 2.28. The Morgan fingerprint density at radius 2 is 2.10 bits per heavy atom. The lowest BCUT2D eigenvalue weighted by molar-refractivity contribution is -0.115. The van der Waals surface area contributed by atoms with Crippen molar-refractivity contribution in [1.82, 2.24) is 5.32 Å². The molecular formula is C14H18N2O3S. The van der Waals surface area contributed by atoms with Crippen LogP contribution in [-0.4, -0.2) is 33.2 Å². The van der Waals surface area contributed by atoms with E-state index in [-0.39, 0.29) is 18.2 Å². The number of aryl methyl sites for hydroxylation is 1. The Bertz CT molecular complexity index is 636. The standard InChI is InChI=1S/C14H18N2O3S/c17-14(9-15-8-10-1-2-10)16-12-4-3-11-5-6-20(18,19)13(11)7-12/h3-4,7,10,15H,1-2,5-6,8-9H2,(H,16,17). The molecule has 2 N–H and O–H groups in total. The first kappa shape index (κ1) is 13.6. The summed E-state index contributed by atoms with van der Waals surface area (Å²) in [5.41, 5.74) is 1.39. The lowest BCUT2D eigenvalue weighted by atomic mass is 10.1. The topological polar surface area (TPSA) is 75.3 Å². The molecule has 0 aromatic heterocycles. The van der Waals surface area contributed by atoms with Crippen molar-refractivity contribution in [3.8, 4) is 0 Å². The second kappa shape index (κ2) is 5.18. The molecule has 0 radical (unpaired) electrons. The third-order valence-electron chi connectivity index (χ3n) is 3.74. The van der Waals surface area contributed by atoms with Gasteiger partial charge in [0.15, 0.2) is 9.84 Å². The number of hydrogen-bond donors (Lipinski definition) is 2. The fourth-order valence-corrected chi connectivity index (χ4v) is 3.98. The number of carbonyl (C=O) groups excluding carboxylic acids is 1. The zero-order valence-electron chi connectivity index (χ0n) is 11.2. The minimum atomic E-state index is -3.15. The van der Waals surface area contributed by atoms with Crippen LogP contribution in [0.4, 0.5) is 5.69 Å². The van der Waals surface area contributed by atoms with Crippen LogP contribution in [-0.2, 0) is 21.1 Å². The van der Waals surface area contributed by atoms with Crippen molar-refractivity contribution < 1.29 is 13.2 Å². The largest absolute Gasteiger partial charge is 0.325 e. The van der Waals surface area contributed by atoms with Gasteiger partial charge in [-0.2, -0.15) is 0 Å². The fraction of sp³-hybridized carbons (Fsp3) is 0.500. The number of amides is 1. The summed E-state index contributed by atoms with van der Waals surface area (Å²) < 4.78 is 23.6. The first-order valence-electron chi connectivity index (χ1n) is 6.91. The quantitative estimate of drug-likeness (QED) is 0.848. The molecular weight excluding hydrogens is 276 g/mol. The number of sulfone groups is 1. The van der Waals surface area contributed by atoms with Gasteiger partial charge in [-0.3, -0.25) is 4.79 Å². The van der Waals surface area contributed by atoms with Gasteiger partial charge in [-0.25, -0.2) is 8.42 Å². The van der Waals surface area contributed by atoms with E-state index in [2.05, 4.69) is 10.6 Å². The number of hydrogen-bond acceptors (Lipinski definition) is 4. The molecule has 1 aromatic carbocycles. The summed E-state index contributed by atoms with van der Waals surface area (Å²) in [6.07, 6.45) is 3.06. The predicted molar refractivity (Wildman–Crippen MR) is 76.4 cm³/mol. The maximum atomic E-state index is 11.8.